The predicted molar refractivity (Wildman–Crippen MR) is 148 cm³/mol. The summed E-state index contributed by atoms with van der Waals surface area (Å²) in [6.45, 7) is 10.1. The van der Waals surface area contributed by atoms with E-state index >= 15 is 0 Å². The second-order valence-corrected chi connectivity index (χ2v) is 10.6. The summed E-state index contributed by atoms with van der Waals surface area (Å²) in [6, 6.07) is 12.4. The number of nitrogens with zero attached hydrogens (tertiary/aromatic N) is 2. The number of hydrogen-bond donors (Lipinski definition) is 0. The molecule has 1 aliphatic rings. The second kappa shape index (κ2) is 11.5. The van der Waals surface area contributed by atoms with Gasteiger partial charge in [0.1, 0.15) is 11.5 Å². The summed E-state index contributed by atoms with van der Waals surface area (Å²) in [6.07, 6.45) is 1.79. The SMILES string of the molecule is CCOC(=O)C1=C(C)N=c2s/c(=C\c3cc(Br)ccc3OC(C)C)c(=O)n2[C@H]1c1ccc(OCC)cc1. The van der Waals surface area contributed by atoms with Gasteiger partial charge < -0.3 is 14.2 Å². The van der Waals surface area contributed by atoms with Gasteiger partial charge in [0.2, 0.25) is 0 Å². The van der Waals surface area contributed by atoms with Crippen LogP contribution in [0.2, 0.25) is 0 Å². The highest BCUT2D eigenvalue weighted by atomic mass is 79.9. The Hall–Kier alpha value is -3.17. The van der Waals surface area contributed by atoms with Crippen LogP contribution in [-0.4, -0.2) is 29.9 Å². The van der Waals surface area contributed by atoms with E-state index in [2.05, 4.69) is 20.9 Å². The first-order valence-corrected chi connectivity index (χ1v) is 13.7. The number of aromatic nitrogens is 1. The number of rotatable bonds is 8. The van der Waals surface area contributed by atoms with Gasteiger partial charge in [0.05, 0.1) is 41.2 Å². The van der Waals surface area contributed by atoms with Crippen molar-refractivity contribution in [2.45, 2.75) is 46.8 Å². The van der Waals surface area contributed by atoms with Crippen molar-refractivity contribution in [3.8, 4) is 11.5 Å². The number of ether oxygens (including phenoxy) is 3. The predicted octanol–water partition coefficient (Wildman–Crippen LogP) is 4.75. The molecular formula is C28H29BrN2O5S. The minimum Gasteiger partial charge on any atom is -0.494 e. The third-order valence-electron chi connectivity index (χ3n) is 5.64. The maximum absolute atomic E-state index is 13.9. The van der Waals surface area contributed by atoms with Crippen LogP contribution in [0.3, 0.4) is 0 Å². The van der Waals surface area contributed by atoms with Crippen molar-refractivity contribution in [3.63, 3.8) is 0 Å². The fraction of sp³-hybridized carbons (Fsp3) is 0.321. The van der Waals surface area contributed by atoms with Crippen molar-refractivity contribution in [1.29, 1.82) is 0 Å². The van der Waals surface area contributed by atoms with Crippen molar-refractivity contribution in [2.75, 3.05) is 13.2 Å². The smallest absolute Gasteiger partial charge is 0.338 e. The second-order valence-electron chi connectivity index (χ2n) is 8.65. The molecule has 0 bridgehead atoms. The van der Waals surface area contributed by atoms with Crippen LogP contribution in [0, 0.1) is 0 Å². The summed E-state index contributed by atoms with van der Waals surface area (Å²) in [5.74, 6) is 0.899. The molecule has 1 aliphatic heterocycles. The van der Waals surface area contributed by atoms with Crippen LogP contribution < -0.4 is 24.4 Å². The van der Waals surface area contributed by atoms with Gasteiger partial charge >= 0.3 is 5.97 Å². The highest BCUT2D eigenvalue weighted by molar-refractivity contribution is 9.10. The van der Waals surface area contributed by atoms with E-state index in [-0.39, 0.29) is 18.3 Å². The Labute approximate surface area is 227 Å². The monoisotopic (exact) mass is 584 g/mol. The van der Waals surface area contributed by atoms with E-state index in [1.807, 2.05) is 69.3 Å². The summed E-state index contributed by atoms with van der Waals surface area (Å²) in [4.78, 5) is 32.1. The lowest BCUT2D eigenvalue weighted by atomic mass is 9.96. The van der Waals surface area contributed by atoms with Crippen LogP contribution in [0.5, 0.6) is 11.5 Å². The third-order valence-corrected chi connectivity index (χ3v) is 7.12. The Kier molecular flexibility index (Phi) is 8.34. The van der Waals surface area contributed by atoms with Crippen molar-refractivity contribution in [1.82, 2.24) is 4.57 Å². The van der Waals surface area contributed by atoms with Crippen molar-refractivity contribution in [3.05, 3.63) is 89.0 Å². The Balaban J connectivity index is 1.92. The Morgan fingerprint density at radius 2 is 1.89 bits per heavy atom. The quantitative estimate of drug-likeness (QED) is 0.357. The van der Waals surface area contributed by atoms with E-state index in [1.165, 1.54) is 11.3 Å². The molecule has 1 aromatic heterocycles. The molecule has 37 heavy (non-hydrogen) atoms. The number of fused-ring (bicyclic) bond motifs is 1. The molecule has 0 aliphatic carbocycles. The maximum Gasteiger partial charge on any atom is 0.338 e. The van der Waals surface area contributed by atoms with Gasteiger partial charge in [-0.05, 0) is 76.6 Å². The van der Waals surface area contributed by atoms with Gasteiger partial charge in [-0.25, -0.2) is 9.79 Å². The fourth-order valence-electron chi connectivity index (χ4n) is 4.15. The van der Waals surface area contributed by atoms with Crippen LogP contribution in [0.15, 0.2) is 68.0 Å². The molecule has 194 valence electrons. The molecular weight excluding hydrogens is 556 g/mol. The molecule has 2 aromatic carbocycles. The van der Waals surface area contributed by atoms with Gasteiger partial charge in [-0.2, -0.15) is 0 Å². The Bertz CT molecular complexity index is 1520. The lowest BCUT2D eigenvalue weighted by Crippen LogP contribution is -2.39. The first-order valence-electron chi connectivity index (χ1n) is 12.1. The number of esters is 1. The summed E-state index contributed by atoms with van der Waals surface area (Å²) in [7, 11) is 0. The van der Waals surface area contributed by atoms with Gasteiger partial charge in [-0.1, -0.05) is 39.4 Å². The molecule has 2 heterocycles. The van der Waals surface area contributed by atoms with Crippen LogP contribution in [0.25, 0.3) is 6.08 Å². The molecule has 3 aromatic rings. The van der Waals surface area contributed by atoms with Crippen LogP contribution >= 0.6 is 27.3 Å². The summed E-state index contributed by atoms with van der Waals surface area (Å²) in [5.41, 5.74) is 2.16. The molecule has 0 amide bonds. The fourth-order valence-corrected chi connectivity index (χ4v) is 5.57. The first kappa shape index (κ1) is 26.9. The van der Waals surface area contributed by atoms with Crippen LogP contribution in [0.1, 0.15) is 51.8 Å². The summed E-state index contributed by atoms with van der Waals surface area (Å²) >= 11 is 4.79. The van der Waals surface area contributed by atoms with E-state index in [0.29, 0.717) is 38.7 Å². The highest BCUT2D eigenvalue weighted by Crippen LogP contribution is 2.32. The number of halogens is 1. The molecule has 0 N–H and O–H groups in total. The van der Waals surface area contributed by atoms with E-state index in [4.69, 9.17) is 14.2 Å². The zero-order chi connectivity index (χ0) is 26.7. The average molecular weight is 586 g/mol. The standard InChI is InChI=1S/C28H29BrN2O5S/c1-6-34-21-11-8-18(9-12-21)25-24(27(33)35-7-2)17(5)30-28-31(25)26(32)23(37-28)15-19-14-20(29)10-13-22(19)36-16(3)4/h8-16,25H,6-7H2,1-5H3/b23-15-/t25-/m0/s1. The van der Waals surface area contributed by atoms with Crippen molar-refractivity contribution < 1.29 is 19.0 Å². The minimum absolute atomic E-state index is 0.0241. The van der Waals surface area contributed by atoms with Gasteiger partial charge in [0.15, 0.2) is 4.80 Å². The van der Waals surface area contributed by atoms with Gasteiger partial charge in [0, 0.05) is 10.0 Å². The van der Waals surface area contributed by atoms with E-state index in [9.17, 15) is 9.59 Å². The Morgan fingerprint density at radius 3 is 2.54 bits per heavy atom. The maximum atomic E-state index is 13.9. The average Bonchev–Trinajstić information content (AvgIpc) is 3.15. The Morgan fingerprint density at radius 1 is 1.16 bits per heavy atom. The number of hydrogen-bond acceptors (Lipinski definition) is 7. The largest absolute Gasteiger partial charge is 0.494 e. The molecule has 1 atom stereocenters. The lowest BCUT2D eigenvalue weighted by molar-refractivity contribution is -0.139. The summed E-state index contributed by atoms with van der Waals surface area (Å²) < 4.78 is 19.9. The number of benzene rings is 2. The normalized spacial score (nSPS) is 15.4. The zero-order valence-electron chi connectivity index (χ0n) is 21.4. The number of carbonyl (C=O) groups is 1. The van der Waals surface area contributed by atoms with E-state index < -0.39 is 12.0 Å². The van der Waals surface area contributed by atoms with E-state index in [1.54, 1.807) is 18.4 Å². The molecule has 0 spiro atoms. The van der Waals surface area contributed by atoms with Crippen LogP contribution in [0.4, 0.5) is 0 Å². The molecule has 0 saturated carbocycles. The van der Waals surface area contributed by atoms with Crippen molar-refractivity contribution >= 4 is 39.3 Å². The molecule has 0 saturated heterocycles. The van der Waals surface area contributed by atoms with Gasteiger partial charge in [0.25, 0.3) is 5.56 Å². The molecule has 7 nitrogen and oxygen atoms in total. The lowest BCUT2D eigenvalue weighted by Gasteiger charge is -2.24. The zero-order valence-corrected chi connectivity index (χ0v) is 23.8. The number of allylic oxidation sites excluding steroid dienone is 1. The number of carbonyl (C=O) groups excluding carboxylic acids is 1. The first-order chi connectivity index (χ1) is 17.7. The van der Waals surface area contributed by atoms with Crippen LogP contribution in [-0.2, 0) is 9.53 Å². The number of thiazole rings is 1. The van der Waals surface area contributed by atoms with Gasteiger partial charge in [-0.15, -0.1) is 0 Å². The topological polar surface area (TPSA) is 79.1 Å². The molecule has 0 fully saturated rings. The molecule has 0 unspecified atom stereocenters. The van der Waals surface area contributed by atoms with Crippen molar-refractivity contribution in [2.24, 2.45) is 4.99 Å². The molecule has 9 heteroatoms. The summed E-state index contributed by atoms with van der Waals surface area (Å²) in [5, 5.41) is 0. The minimum atomic E-state index is -0.679. The van der Waals surface area contributed by atoms with Gasteiger partial charge in [-0.3, -0.25) is 9.36 Å². The molecule has 4 rings (SSSR count). The third kappa shape index (κ3) is 5.72. The highest BCUT2D eigenvalue weighted by Gasteiger charge is 2.33. The molecule has 0 radical (unpaired) electrons. The van der Waals surface area contributed by atoms with E-state index in [0.717, 1.165) is 15.6 Å².